The zero-order valence-electron chi connectivity index (χ0n) is 10.4. The molecule has 2 N–H and O–H groups in total. The SMILES string of the molecule is CC(C)(C)OC(=O)NC1CCOC(C(=O)O)C1. The van der Waals surface area contributed by atoms with Crippen molar-refractivity contribution in [3.63, 3.8) is 0 Å². The molecule has 0 saturated carbocycles. The summed E-state index contributed by atoms with van der Waals surface area (Å²) < 4.78 is 10.2. The fraction of sp³-hybridized carbons (Fsp3) is 0.818. The van der Waals surface area contributed by atoms with Crippen molar-refractivity contribution in [3.8, 4) is 0 Å². The molecule has 1 heterocycles. The number of carbonyl (C=O) groups is 2. The lowest BCUT2D eigenvalue weighted by atomic mass is 10.0. The molecular weight excluding hydrogens is 226 g/mol. The lowest BCUT2D eigenvalue weighted by Crippen LogP contribution is -2.45. The van der Waals surface area contributed by atoms with E-state index in [1.54, 1.807) is 20.8 Å². The first kappa shape index (κ1) is 13.8. The third-order valence-corrected chi connectivity index (χ3v) is 2.28. The first-order chi connectivity index (χ1) is 7.78. The molecule has 0 bridgehead atoms. The van der Waals surface area contributed by atoms with Crippen molar-refractivity contribution in [1.29, 1.82) is 0 Å². The number of nitrogens with one attached hydrogen (secondary N) is 1. The molecule has 1 amide bonds. The molecule has 1 rings (SSSR count). The molecule has 1 aliphatic rings. The fourth-order valence-corrected chi connectivity index (χ4v) is 1.57. The number of amides is 1. The van der Waals surface area contributed by atoms with Crippen molar-refractivity contribution >= 4 is 12.1 Å². The average Bonchev–Trinajstić information content (AvgIpc) is 2.14. The van der Waals surface area contributed by atoms with Crippen LogP contribution in [0.1, 0.15) is 33.6 Å². The van der Waals surface area contributed by atoms with Gasteiger partial charge in [0.1, 0.15) is 5.60 Å². The number of carboxylic acids is 1. The third-order valence-electron chi connectivity index (χ3n) is 2.28. The van der Waals surface area contributed by atoms with Crippen molar-refractivity contribution < 1.29 is 24.2 Å². The Kier molecular flexibility index (Phi) is 4.34. The van der Waals surface area contributed by atoms with Crippen molar-refractivity contribution in [2.45, 2.75) is 51.4 Å². The monoisotopic (exact) mass is 245 g/mol. The number of hydrogen-bond acceptors (Lipinski definition) is 4. The molecule has 0 aromatic heterocycles. The number of hydrogen-bond donors (Lipinski definition) is 2. The van der Waals surface area contributed by atoms with Gasteiger partial charge in [0.15, 0.2) is 6.10 Å². The summed E-state index contributed by atoms with van der Waals surface area (Å²) in [7, 11) is 0. The van der Waals surface area contributed by atoms with Gasteiger partial charge in [-0.05, 0) is 27.2 Å². The molecule has 1 aliphatic heterocycles. The van der Waals surface area contributed by atoms with E-state index in [1.165, 1.54) is 0 Å². The highest BCUT2D eigenvalue weighted by Crippen LogP contribution is 2.15. The van der Waals surface area contributed by atoms with Gasteiger partial charge in [-0.2, -0.15) is 0 Å². The van der Waals surface area contributed by atoms with Crippen molar-refractivity contribution in [2.24, 2.45) is 0 Å². The third kappa shape index (κ3) is 5.04. The van der Waals surface area contributed by atoms with E-state index < -0.39 is 23.8 Å². The van der Waals surface area contributed by atoms with Gasteiger partial charge in [-0.3, -0.25) is 0 Å². The fourth-order valence-electron chi connectivity index (χ4n) is 1.57. The van der Waals surface area contributed by atoms with Gasteiger partial charge in [-0.1, -0.05) is 0 Å². The van der Waals surface area contributed by atoms with E-state index in [2.05, 4.69) is 5.32 Å². The first-order valence-electron chi connectivity index (χ1n) is 5.62. The Bertz CT molecular complexity index is 297. The van der Waals surface area contributed by atoms with Crippen LogP contribution in [0.3, 0.4) is 0 Å². The molecule has 6 heteroatoms. The van der Waals surface area contributed by atoms with Crippen LogP contribution in [-0.4, -0.2) is 41.5 Å². The maximum absolute atomic E-state index is 11.5. The zero-order chi connectivity index (χ0) is 13.1. The topological polar surface area (TPSA) is 84.9 Å². The number of aliphatic carboxylic acids is 1. The minimum Gasteiger partial charge on any atom is -0.479 e. The van der Waals surface area contributed by atoms with Crippen LogP contribution in [0.2, 0.25) is 0 Å². The molecule has 0 spiro atoms. The normalized spacial score (nSPS) is 25.1. The molecule has 2 unspecified atom stereocenters. The number of rotatable bonds is 2. The van der Waals surface area contributed by atoms with Crippen LogP contribution >= 0.6 is 0 Å². The smallest absolute Gasteiger partial charge is 0.407 e. The maximum Gasteiger partial charge on any atom is 0.407 e. The van der Waals surface area contributed by atoms with Gasteiger partial charge in [0.05, 0.1) is 0 Å². The van der Waals surface area contributed by atoms with Crippen molar-refractivity contribution in [2.75, 3.05) is 6.61 Å². The van der Waals surface area contributed by atoms with E-state index in [4.69, 9.17) is 14.6 Å². The Morgan fingerprint density at radius 1 is 1.41 bits per heavy atom. The summed E-state index contributed by atoms with van der Waals surface area (Å²) in [6, 6.07) is -0.209. The van der Waals surface area contributed by atoms with Gasteiger partial charge in [-0.15, -0.1) is 0 Å². The molecule has 17 heavy (non-hydrogen) atoms. The number of carbonyl (C=O) groups excluding carboxylic acids is 1. The van der Waals surface area contributed by atoms with Crippen molar-refractivity contribution in [1.82, 2.24) is 5.32 Å². The van der Waals surface area contributed by atoms with Gasteiger partial charge in [0.25, 0.3) is 0 Å². The zero-order valence-corrected chi connectivity index (χ0v) is 10.4. The van der Waals surface area contributed by atoms with Crippen LogP contribution in [0.25, 0.3) is 0 Å². The van der Waals surface area contributed by atoms with Gasteiger partial charge in [0, 0.05) is 19.1 Å². The predicted molar refractivity (Wildman–Crippen MR) is 59.8 cm³/mol. The van der Waals surface area contributed by atoms with E-state index >= 15 is 0 Å². The minimum absolute atomic E-state index is 0.209. The second-order valence-corrected chi connectivity index (χ2v) is 5.07. The Labute approximate surface area is 100 Å². The first-order valence-corrected chi connectivity index (χ1v) is 5.62. The molecule has 0 aromatic carbocycles. The summed E-state index contributed by atoms with van der Waals surface area (Å²) in [5, 5.41) is 11.5. The van der Waals surface area contributed by atoms with Gasteiger partial charge in [0.2, 0.25) is 0 Å². The Morgan fingerprint density at radius 3 is 2.59 bits per heavy atom. The van der Waals surface area contributed by atoms with Gasteiger partial charge >= 0.3 is 12.1 Å². The Hall–Kier alpha value is -1.30. The summed E-state index contributed by atoms with van der Waals surface area (Å²) in [6.07, 6.45) is -0.491. The maximum atomic E-state index is 11.5. The van der Waals surface area contributed by atoms with E-state index in [0.29, 0.717) is 13.0 Å². The molecule has 6 nitrogen and oxygen atoms in total. The van der Waals surface area contributed by atoms with E-state index in [-0.39, 0.29) is 12.5 Å². The summed E-state index contributed by atoms with van der Waals surface area (Å²) in [5.41, 5.74) is -0.554. The van der Waals surface area contributed by atoms with E-state index in [1.807, 2.05) is 0 Å². The summed E-state index contributed by atoms with van der Waals surface area (Å²) >= 11 is 0. The molecule has 0 radical (unpaired) electrons. The molecule has 1 fully saturated rings. The number of ether oxygens (including phenoxy) is 2. The highest BCUT2D eigenvalue weighted by molar-refractivity contribution is 5.73. The molecule has 98 valence electrons. The predicted octanol–water partition coefficient (Wildman–Crippen LogP) is 1.14. The number of carboxylic acid groups (broad SMARTS) is 1. The summed E-state index contributed by atoms with van der Waals surface area (Å²) in [6.45, 7) is 5.65. The molecule has 0 aromatic rings. The molecular formula is C11H19NO5. The van der Waals surface area contributed by atoms with Crippen LogP contribution in [0.15, 0.2) is 0 Å². The lowest BCUT2D eigenvalue weighted by molar-refractivity contribution is -0.154. The molecule has 1 saturated heterocycles. The number of alkyl carbamates (subject to hydrolysis) is 1. The van der Waals surface area contributed by atoms with Crippen LogP contribution in [-0.2, 0) is 14.3 Å². The highest BCUT2D eigenvalue weighted by Gasteiger charge is 2.29. The van der Waals surface area contributed by atoms with Crippen molar-refractivity contribution in [3.05, 3.63) is 0 Å². The quantitative estimate of drug-likeness (QED) is 0.762. The minimum atomic E-state index is -0.999. The van der Waals surface area contributed by atoms with Gasteiger partial charge < -0.3 is 19.9 Å². The van der Waals surface area contributed by atoms with E-state index in [9.17, 15) is 9.59 Å². The second-order valence-electron chi connectivity index (χ2n) is 5.07. The van der Waals surface area contributed by atoms with Crippen LogP contribution < -0.4 is 5.32 Å². The Balaban J connectivity index is 2.41. The molecule has 2 atom stereocenters. The van der Waals surface area contributed by atoms with Crippen LogP contribution in [0.4, 0.5) is 4.79 Å². The summed E-state index contributed by atoms with van der Waals surface area (Å²) in [5.74, 6) is -0.999. The summed E-state index contributed by atoms with van der Waals surface area (Å²) in [4.78, 5) is 22.2. The van der Waals surface area contributed by atoms with Crippen LogP contribution in [0, 0.1) is 0 Å². The average molecular weight is 245 g/mol. The van der Waals surface area contributed by atoms with Gasteiger partial charge in [-0.25, -0.2) is 9.59 Å². The van der Waals surface area contributed by atoms with Crippen LogP contribution in [0.5, 0.6) is 0 Å². The lowest BCUT2D eigenvalue weighted by Gasteiger charge is -2.28. The Morgan fingerprint density at radius 2 is 2.06 bits per heavy atom. The highest BCUT2D eigenvalue weighted by atomic mass is 16.6. The molecule has 0 aliphatic carbocycles. The second kappa shape index (κ2) is 5.35. The largest absolute Gasteiger partial charge is 0.479 e. The standard InChI is InChI=1S/C11H19NO5/c1-11(2,3)17-10(15)12-7-4-5-16-8(6-7)9(13)14/h7-8H,4-6H2,1-3H3,(H,12,15)(H,13,14). The van der Waals surface area contributed by atoms with E-state index in [0.717, 1.165) is 0 Å².